The molecule has 0 saturated carbocycles. The van der Waals surface area contributed by atoms with Gasteiger partial charge >= 0.3 is 0 Å². The summed E-state index contributed by atoms with van der Waals surface area (Å²) in [4.78, 5) is 11.6. The van der Waals surface area contributed by atoms with E-state index in [0.717, 1.165) is 47.2 Å². The Morgan fingerprint density at radius 2 is 2.00 bits per heavy atom. The Morgan fingerprint density at radius 3 is 2.77 bits per heavy atom. The maximum Gasteiger partial charge on any atom is 0.257 e. The number of nitrogens with two attached hydrogens (primary N) is 1. The molecule has 0 radical (unpaired) electrons. The molecule has 0 aromatic carbocycles. The van der Waals surface area contributed by atoms with Crippen molar-refractivity contribution in [1.29, 1.82) is 0 Å². The van der Waals surface area contributed by atoms with Crippen LogP contribution in [0.2, 0.25) is 0 Å². The standard InChI is InChI=1S/C24H29F2N9/c1-15(2)35-24-16(9-30-35)5-6-22(32-24)31-23-8-20(33-7-3-4-18(27)13-33)19(11-28-23)17-10-29-34(12-17)14-21(25)26/h5-6,8-12,15,18,21H,3-4,7,13-14,27H2,1-2H3,(H,28,31,32)/t18-/m0/s1. The number of hydrogen-bond donors (Lipinski definition) is 2. The van der Waals surface area contributed by atoms with Crippen molar-refractivity contribution in [1.82, 2.24) is 29.5 Å². The van der Waals surface area contributed by atoms with Gasteiger partial charge in [0.15, 0.2) is 5.65 Å². The highest BCUT2D eigenvalue weighted by Gasteiger charge is 2.22. The molecule has 3 N–H and O–H groups in total. The number of fused-ring (bicyclic) bond motifs is 1. The largest absolute Gasteiger partial charge is 0.369 e. The van der Waals surface area contributed by atoms with Gasteiger partial charge in [-0.05, 0) is 38.8 Å². The molecule has 0 spiro atoms. The van der Waals surface area contributed by atoms with E-state index in [1.807, 2.05) is 29.1 Å². The number of hydrogen-bond acceptors (Lipinski definition) is 7. The zero-order valence-corrected chi connectivity index (χ0v) is 19.8. The zero-order chi connectivity index (χ0) is 24.5. The van der Waals surface area contributed by atoms with E-state index in [4.69, 9.17) is 10.7 Å². The first-order valence-corrected chi connectivity index (χ1v) is 11.8. The summed E-state index contributed by atoms with van der Waals surface area (Å²) in [7, 11) is 0. The molecule has 184 valence electrons. The van der Waals surface area contributed by atoms with Gasteiger partial charge in [-0.1, -0.05) is 0 Å². The van der Waals surface area contributed by atoms with Gasteiger partial charge in [-0.25, -0.2) is 23.4 Å². The number of alkyl halides is 2. The number of aromatic nitrogens is 6. The van der Waals surface area contributed by atoms with Crippen molar-refractivity contribution < 1.29 is 8.78 Å². The van der Waals surface area contributed by atoms with Crippen LogP contribution in [0, 0.1) is 0 Å². The summed E-state index contributed by atoms with van der Waals surface area (Å²) in [5.74, 6) is 1.29. The van der Waals surface area contributed by atoms with Gasteiger partial charge in [0.05, 0.1) is 12.4 Å². The highest BCUT2D eigenvalue weighted by atomic mass is 19.3. The maximum absolute atomic E-state index is 12.8. The van der Waals surface area contributed by atoms with Crippen molar-refractivity contribution in [3.8, 4) is 11.1 Å². The Morgan fingerprint density at radius 1 is 1.14 bits per heavy atom. The van der Waals surface area contributed by atoms with E-state index in [1.165, 1.54) is 4.68 Å². The van der Waals surface area contributed by atoms with Crippen LogP contribution in [-0.2, 0) is 6.54 Å². The summed E-state index contributed by atoms with van der Waals surface area (Å²) >= 11 is 0. The van der Waals surface area contributed by atoms with Gasteiger partial charge in [-0.15, -0.1) is 0 Å². The van der Waals surface area contributed by atoms with Gasteiger partial charge in [0.25, 0.3) is 6.43 Å². The quantitative estimate of drug-likeness (QED) is 0.408. The fraction of sp³-hybridized carbons (Fsp3) is 0.417. The molecular formula is C24H29F2N9. The van der Waals surface area contributed by atoms with E-state index < -0.39 is 13.0 Å². The van der Waals surface area contributed by atoms with E-state index in [1.54, 1.807) is 18.6 Å². The number of halogens is 2. The Kier molecular flexibility index (Phi) is 6.33. The average Bonchev–Trinajstić information content (AvgIpc) is 3.45. The van der Waals surface area contributed by atoms with Crippen LogP contribution < -0.4 is 16.0 Å². The van der Waals surface area contributed by atoms with Crippen molar-refractivity contribution in [2.45, 2.75) is 51.7 Å². The van der Waals surface area contributed by atoms with Gasteiger partial charge in [-0.2, -0.15) is 10.2 Å². The number of rotatable bonds is 7. The highest BCUT2D eigenvalue weighted by molar-refractivity contribution is 5.81. The Bertz CT molecular complexity index is 1310. The van der Waals surface area contributed by atoms with E-state index in [0.29, 0.717) is 18.2 Å². The molecule has 1 saturated heterocycles. The summed E-state index contributed by atoms with van der Waals surface area (Å²) in [6.07, 6.45) is 6.28. The van der Waals surface area contributed by atoms with Gasteiger partial charge in [0, 0.05) is 65.8 Å². The van der Waals surface area contributed by atoms with Crippen molar-refractivity contribution >= 4 is 28.4 Å². The maximum atomic E-state index is 12.8. The minimum absolute atomic E-state index is 0.0723. The van der Waals surface area contributed by atoms with Crippen molar-refractivity contribution in [3.05, 3.63) is 43.0 Å². The van der Waals surface area contributed by atoms with Crippen molar-refractivity contribution in [2.24, 2.45) is 5.73 Å². The lowest BCUT2D eigenvalue weighted by atomic mass is 10.0. The summed E-state index contributed by atoms with van der Waals surface area (Å²) in [6, 6.07) is 6.10. The minimum Gasteiger partial charge on any atom is -0.369 e. The van der Waals surface area contributed by atoms with Crippen LogP contribution in [0.15, 0.2) is 43.0 Å². The fourth-order valence-corrected chi connectivity index (χ4v) is 4.47. The minimum atomic E-state index is -2.47. The summed E-state index contributed by atoms with van der Waals surface area (Å²) in [6.45, 7) is 5.24. The summed E-state index contributed by atoms with van der Waals surface area (Å²) in [5.41, 5.74) is 9.56. The Labute approximate surface area is 202 Å². The molecule has 1 aliphatic rings. The zero-order valence-electron chi connectivity index (χ0n) is 19.8. The normalized spacial score (nSPS) is 16.5. The molecular weight excluding hydrogens is 452 g/mol. The molecule has 1 atom stereocenters. The van der Waals surface area contributed by atoms with Gasteiger partial charge in [-0.3, -0.25) is 4.68 Å². The second-order valence-corrected chi connectivity index (χ2v) is 9.19. The predicted molar refractivity (Wildman–Crippen MR) is 132 cm³/mol. The van der Waals surface area contributed by atoms with E-state index >= 15 is 0 Å². The van der Waals surface area contributed by atoms with Crippen molar-refractivity contribution in [2.75, 3.05) is 23.3 Å². The molecule has 1 aliphatic heterocycles. The molecule has 0 amide bonds. The van der Waals surface area contributed by atoms with Gasteiger partial charge in [0.2, 0.25) is 0 Å². The van der Waals surface area contributed by atoms with Crippen LogP contribution in [0.3, 0.4) is 0 Å². The molecule has 35 heavy (non-hydrogen) atoms. The third-order valence-corrected chi connectivity index (χ3v) is 6.14. The van der Waals surface area contributed by atoms with E-state index in [2.05, 4.69) is 39.2 Å². The Hall–Kier alpha value is -3.60. The highest BCUT2D eigenvalue weighted by Crippen LogP contribution is 2.34. The van der Waals surface area contributed by atoms with Crippen LogP contribution in [0.1, 0.15) is 32.7 Å². The SMILES string of the molecule is CC(C)n1ncc2ccc(Nc3cc(N4CCC[C@H](N)C4)c(-c4cnn(CC(F)F)c4)cn3)nc21. The van der Waals surface area contributed by atoms with Crippen molar-refractivity contribution in [3.63, 3.8) is 0 Å². The number of anilines is 3. The Balaban J connectivity index is 1.49. The van der Waals surface area contributed by atoms with Crippen LogP contribution in [0.5, 0.6) is 0 Å². The van der Waals surface area contributed by atoms with Crippen LogP contribution in [-0.4, -0.2) is 55.1 Å². The van der Waals surface area contributed by atoms with Gasteiger partial charge < -0.3 is 16.0 Å². The molecule has 5 heterocycles. The number of nitrogens with one attached hydrogen (secondary N) is 1. The number of pyridine rings is 2. The van der Waals surface area contributed by atoms with Crippen LogP contribution in [0.4, 0.5) is 26.1 Å². The summed E-state index contributed by atoms with van der Waals surface area (Å²) < 4.78 is 28.8. The fourth-order valence-electron chi connectivity index (χ4n) is 4.47. The van der Waals surface area contributed by atoms with E-state index in [9.17, 15) is 8.78 Å². The molecule has 1 fully saturated rings. The lowest BCUT2D eigenvalue weighted by Gasteiger charge is -2.34. The predicted octanol–water partition coefficient (Wildman–Crippen LogP) is 4.21. The lowest BCUT2D eigenvalue weighted by Crippen LogP contribution is -2.43. The first kappa shape index (κ1) is 23.2. The molecule has 11 heteroatoms. The molecule has 5 rings (SSSR count). The average molecular weight is 482 g/mol. The first-order valence-electron chi connectivity index (χ1n) is 11.8. The molecule has 0 bridgehead atoms. The first-order chi connectivity index (χ1) is 16.9. The molecule has 4 aromatic rings. The third kappa shape index (κ3) is 4.95. The summed E-state index contributed by atoms with van der Waals surface area (Å²) in [5, 5.41) is 12.8. The molecule has 0 aliphatic carbocycles. The van der Waals surface area contributed by atoms with Crippen LogP contribution in [0.25, 0.3) is 22.2 Å². The molecule has 4 aromatic heterocycles. The monoisotopic (exact) mass is 481 g/mol. The lowest BCUT2D eigenvalue weighted by molar-refractivity contribution is 0.122. The molecule has 9 nitrogen and oxygen atoms in total. The second-order valence-electron chi connectivity index (χ2n) is 9.19. The smallest absolute Gasteiger partial charge is 0.257 e. The van der Waals surface area contributed by atoms with Crippen LogP contribution >= 0.6 is 0 Å². The van der Waals surface area contributed by atoms with Gasteiger partial charge in [0.1, 0.15) is 18.2 Å². The molecule has 0 unspecified atom stereocenters. The number of nitrogens with zero attached hydrogens (tertiary/aromatic N) is 7. The number of piperidine rings is 1. The topological polar surface area (TPSA) is 103 Å². The van der Waals surface area contributed by atoms with E-state index in [-0.39, 0.29) is 12.1 Å². The second kappa shape index (κ2) is 9.57. The third-order valence-electron chi connectivity index (χ3n) is 6.14.